The normalized spacial score (nSPS) is 13.3. The van der Waals surface area contributed by atoms with Crippen LogP contribution in [-0.2, 0) is 24.2 Å². The van der Waals surface area contributed by atoms with Crippen LogP contribution in [-0.4, -0.2) is 38.4 Å². The molecule has 3 aromatic rings. The van der Waals surface area contributed by atoms with Crippen molar-refractivity contribution < 1.29 is 14.2 Å². The molecule has 0 amide bonds. The lowest BCUT2D eigenvalue weighted by molar-refractivity contribution is 0.146. The van der Waals surface area contributed by atoms with Crippen LogP contribution < -0.4 is 14.8 Å². The van der Waals surface area contributed by atoms with Crippen LogP contribution in [0, 0.1) is 13.3 Å². The van der Waals surface area contributed by atoms with E-state index < -0.39 is 0 Å². The van der Waals surface area contributed by atoms with Gasteiger partial charge in [0.2, 0.25) is 0 Å². The third kappa shape index (κ3) is 5.67. The third-order valence-electron chi connectivity index (χ3n) is 5.62. The molecule has 2 aromatic carbocycles. The van der Waals surface area contributed by atoms with E-state index in [1.165, 1.54) is 11.1 Å². The second-order valence-corrected chi connectivity index (χ2v) is 7.81. The third-order valence-corrected chi connectivity index (χ3v) is 5.62. The highest BCUT2D eigenvalue weighted by Gasteiger charge is 2.13. The number of nitrogens with one attached hydrogen (secondary N) is 1. The lowest BCUT2D eigenvalue weighted by Crippen LogP contribution is -2.16. The van der Waals surface area contributed by atoms with Crippen molar-refractivity contribution in [1.82, 2.24) is 10.3 Å². The van der Waals surface area contributed by atoms with Gasteiger partial charge in [-0.1, -0.05) is 24.3 Å². The topological polar surface area (TPSA) is 52.6 Å². The van der Waals surface area contributed by atoms with E-state index >= 15 is 0 Å². The number of methoxy groups -OCH3 is 1. The van der Waals surface area contributed by atoms with Crippen LogP contribution in [0.2, 0.25) is 0 Å². The van der Waals surface area contributed by atoms with Crippen LogP contribution in [0.1, 0.15) is 22.4 Å². The molecule has 0 spiro atoms. The van der Waals surface area contributed by atoms with Gasteiger partial charge in [0.05, 0.1) is 12.3 Å². The highest BCUT2D eigenvalue weighted by atomic mass is 16.5. The lowest BCUT2D eigenvalue weighted by Gasteiger charge is -2.15. The summed E-state index contributed by atoms with van der Waals surface area (Å²) in [5.74, 6) is 1.59. The van der Waals surface area contributed by atoms with Crippen molar-refractivity contribution >= 4 is 0 Å². The molecule has 0 unspecified atom stereocenters. The zero-order valence-corrected chi connectivity index (χ0v) is 18.6. The average Bonchev–Trinajstić information content (AvgIpc) is 3.08. The first-order valence-electron chi connectivity index (χ1n) is 11.1. The maximum Gasteiger partial charge on any atom is 0.130 e. The zero-order chi connectivity index (χ0) is 22.2. The van der Waals surface area contributed by atoms with E-state index in [9.17, 15) is 0 Å². The number of hydrogen-bond donors (Lipinski definition) is 1. The molecule has 0 atom stereocenters. The Morgan fingerprint density at radius 3 is 2.69 bits per heavy atom. The summed E-state index contributed by atoms with van der Waals surface area (Å²) in [5.41, 5.74) is 6.94. The maximum absolute atomic E-state index is 6.24. The van der Waals surface area contributed by atoms with Crippen molar-refractivity contribution in [2.75, 3.05) is 33.4 Å². The van der Waals surface area contributed by atoms with Crippen LogP contribution in [0.3, 0.4) is 0 Å². The van der Waals surface area contributed by atoms with E-state index in [-0.39, 0.29) is 0 Å². The Morgan fingerprint density at radius 2 is 1.84 bits per heavy atom. The average molecular weight is 431 g/mol. The minimum atomic E-state index is 0.358. The van der Waals surface area contributed by atoms with Crippen molar-refractivity contribution in [3.63, 3.8) is 0 Å². The summed E-state index contributed by atoms with van der Waals surface area (Å²) in [5, 5.41) is 3.48. The molecule has 5 nitrogen and oxygen atoms in total. The van der Waals surface area contributed by atoms with E-state index in [0.29, 0.717) is 19.8 Å². The maximum atomic E-state index is 6.24. The van der Waals surface area contributed by atoms with Gasteiger partial charge in [0, 0.05) is 24.9 Å². The first-order chi connectivity index (χ1) is 15.8. The largest absolute Gasteiger partial charge is 0.491 e. The summed E-state index contributed by atoms with van der Waals surface area (Å²) >= 11 is 0. The quantitative estimate of drug-likeness (QED) is 0.509. The summed E-state index contributed by atoms with van der Waals surface area (Å²) in [4.78, 5) is 4.43. The molecule has 2 heterocycles. The molecule has 1 aliphatic heterocycles. The molecule has 2 radical (unpaired) electrons. The van der Waals surface area contributed by atoms with Gasteiger partial charge in [-0.25, -0.2) is 0 Å². The Hall–Kier alpha value is -2.89. The molecule has 1 aromatic heterocycles. The first-order valence-corrected chi connectivity index (χ1v) is 11.1. The van der Waals surface area contributed by atoms with Gasteiger partial charge < -0.3 is 19.5 Å². The summed E-state index contributed by atoms with van der Waals surface area (Å²) < 4.78 is 17.0. The fourth-order valence-electron chi connectivity index (χ4n) is 3.89. The van der Waals surface area contributed by atoms with Crippen molar-refractivity contribution in [1.29, 1.82) is 0 Å². The van der Waals surface area contributed by atoms with Crippen molar-refractivity contribution in [3.8, 4) is 22.6 Å². The van der Waals surface area contributed by atoms with Gasteiger partial charge in [0.25, 0.3) is 0 Å². The number of nitrogens with zero attached hydrogens (tertiary/aromatic N) is 1. The number of aromatic nitrogens is 1. The minimum absolute atomic E-state index is 0.358. The molecular formula is C27H30N2O3. The number of fused-ring (bicyclic) bond motifs is 1. The van der Waals surface area contributed by atoms with Crippen LogP contribution in [0.15, 0.2) is 54.7 Å². The molecule has 166 valence electrons. The number of benzene rings is 2. The highest BCUT2D eigenvalue weighted by molar-refractivity contribution is 5.72. The van der Waals surface area contributed by atoms with Crippen LogP contribution in [0.4, 0.5) is 0 Å². The smallest absolute Gasteiger partial charge is 0.130 e. The second kappa shape index (κ2) is 11.1. The SMILES string of the molecule is [CH2][CH]c1ccc(OCc2cc(OCCOC)ccn2)c(-c2ccc3c(c2)CCNCC3)c1. The fourth-order valence-corrected chi connectivity index (χ4v) is 3.89. The van der Waals surface area contributed by atoms with E-state index in [1.54, 1.807) is 13.3 Å². The van der Waals surface area contributed by atoms with Gasteiger partial charge in [0.1, 0.15) is 24.7 Å². The number of pyridine rings is 1. The molecule has 4 rings (SSSR count). The van der Waals surface area contributed by atoms with Gasteiger partial charge in [-0.05, 0) is 79.7 Å². The molecule has 5 heteroatoms. The molecule has 1 aliphatic rings. The molecule has 0 aliphatic carbocycles. The van der Waals surface area contributed by atoms with Gasteiger partial charge in [0.15, 0.2) is 0 Å². The Labute approximate surface area is 190 Å². The molecule has 0 fully saturated rings. The van der Waals surface area contributed by atoms with E-state index in [2.05, 4.69) is 41.5 Å². The Morgan fingerprint density at radius 1 is 0.969 bits per heavy atom. The minimum Gasteiger partial charge on any atom is -0.491 e. The van der Waals surface area contributed by atoms with Crippen molar-refractivity contribution in [2.45, 2.75) is 19.4 Å². The molecule has 0 saturated carbocycles. The predicted octanol–water partition coefficient (Wildman–Crippen LogP) is 4.43. The standard InChI is InChI=1S/C27H30N2O3/c1-3-20-4-7-27(32-19-24-18-25(10-13-29-24)31-15-14-30-2)26(16-20)23-6-5-21-8-11-28-12-9-22(21)17-23/h3-7,10,13,16-18,28H,1,8-9,11-12,14-15,19H2,2H3. The molecule has 0 saturated heterocycles. The number of hydrogen-bond acceptors (Lipinski definition) is 5. The van der Waals surface area contributed by atoms with Gasteiger partial charge in [-0.3, -0.25) is 4.98 Å². The summed E-state index contributed by atoms with van der Waals surface area (Å²) in [6.45, 7) is 7.39. The fraction of sp³-hybridized carbons (Fsp3) is 0.296. The zero-order valence-electron chi connectivity index (χ0n) is 18.6. The molecule has 0 bridgehead atoms. The summed E-state index contributed by atoms with van der Waals surface area (Å²) in [7, 11) is 1.66. The Balaban J connectivity index is 1.55. The lowest BCUT2D eigenvalue weighted by atomic mass is 9.95. The van der Waals surface area contributed by atoms with E-state index in [1.807, 2.05) is 30.7 Å². The molecular weight excluding hydrogens is 400 g/mol. The van der Waals surface area contributed by atoms with Crippen LogP contribution in [0.5, 0.6) is 11.5 Å². The monoisotopic (exact) mass is 430 g/mol. The van der Waals surface area contributed by atoms with Gasteiger partial charge in [-0.15, -0.1) is 0 Å². The summed E-state index contributed by atoms with van der Waals surface area (Å²) in [6, 6.07) is 16.7. The Bertz CT molecular complexity index is 1040. The second-order valence-electron chi connectivity index (χ2n) is 7.81. The van der Waals surface area contributed by atoms with Crippen LogP contribution >= 0.6 is 0 Å². The summed E-state index contributed by atoms with van der Waals surface area (Å²) in [6.07, 6.45) is 5.71. The molecule has 1 N–H and O–H groups in total. The van der Waals surface area contributed by atoms with E-state index in [4.69, 9.17) is 14.2 Å². The van der Waals surface area contributed by atoms with Crippen molar-refractivity contribution in [2.24, 2.45) is 0 Å². The van der Waals surface area contributed by atoms with E-state index in [0.717, 1.165) is 59.8 Å². The predicted molar refractivity (Wildman–Crippen MR) is 127 cm³/mol. The van der Waals surface area contributed by atoms with Gasteiger partial charge in [-0.2, -0.15) is 0 Å². The first kappa shape index (κ1) is 22.3. The number of ether oxygens (including phenoxy) is 3. The molecule has 32 heavy (non-hydrogen) atoms. The van der Waals surface area contributed by atoms with Crippen molar-refractivity contribution in [3.05, 3.63) is 90.5 Å². The number of rotatable bonds is 9. The van der Waals surface area contributed by atoms with Crippen LogP contribution in [0.25, 0.3) is 11.1 Å². The highest BCUT2D eigenvalue weighted by Crippen LogP contribution is 2.34. The Kier molecular flexibility index (Phi) is 7.75. The van der Waals surface area contributed by atoms with Gasteiger partial charge >= 0.3 is 0 Å².